The Bertz CT molecular complexity index is 399. The van der Waals surface area contributed by atoms with Crippen molar-refractivity contribution in [1.29, 1.82) is 0 Å². The van der Waals surface area contributed by atoms with Crippen molar-refractivity contribution in [2.45, 2.75) is 161 Å². The van der Waals surface area contributed by atoms with Crippen LogP contribution >= 0.6 is 0 Å². The number of unbranched alkanes of at least 4 members (excludes halogenated alkanes) is 18. The molecule has 0 bridgehead atoms. The maximum Gasteiger partial charge on any atom is 0.297 e. The van der Waals surface area contributed by atoms with Gasteiger partial charge >= 0.3 is 0 Å². The lowest BCUT2D eigenvalue weighted by Crippen LogP contribution is -2.14. The molecule has 1 N–H and O–H groups in total. The lowest BCUT2D eigenvalue weighted by atomic mass is 10.0. The summed E-state index contributed by atoms with van der Waals surface area (Å²) in [5.74, 6) is 0. The summed E-state index contributed by atoms with van der Waals surface area (Å²) in [4.78, 5) is 0. The van der Waals surface area contributed by atoms with E-state index in [1.165, 1.54) is 96.3 Å². The molecule has 0 spiro atoms. The lowest BCUT2D eigenvalue weighted by Gasteiger charge is -2.03. The molecule has 0 aliphatic carbocycles. The van der Waals surface area contributed by atoms with Crippen LogP contribution in [0.15, 0.2) is 0 Å². The third-order valence-corrected chi connectivity index (χ3v) is 6.45. The van der Waals surface area contributed by atoms with Gasteiger partial charge in [0.05, 0.1) is 0 Å². The second kappa shape index (κ2) is 25.1. The van der Waals surface area contributed by atoms with Crippen molar-refractivity contribution in [2.24, 2.45) is 0 Å². The minimum atomic E-state index is -4.46. The Hall–Kier alpha value is -0.160. The zero-order valence-electron chi connectivity index (χ0n) is 20.5. The first-order valence-electron chi connectivity index (χ1n) is 13.0. The van der Waals surface area contributed by atoms with Crippen LogP contribution in [-0.2, 0) is 10.1 Å². The third kappa shape index (κ3) is 27.8. The highest BCUT2D eigenvalue weighted by molar-refractivity contribution is 7.86. The average molecular weight is 453 g/mol. The van der Waals surface area contributed by atoms with Gasteiger partial charge in [-0.1, -0.05) is 143 Å². The molecule has 5 heteroatoms. The SMILES string of the molecule is CCCCCCCC(F)S(=O)(=O)O.CCCCCCCCCCCCCCCCC. The van der Waals surface area contributed by atoms with Crippen LogP contribution in [0, 0.1) is 0 Å². The van der Waals surface area contributed by atoms with Crippen LogP contribution in [0.2, 0.25) is 0 Å². The molecule has 0 aliphatic rings. The van der Waals surface area contributed by atoms with Gasteiger partial charge in [-0.15, -0.1) is 0 Å². The molecule has 0 amide bonds. The Morgan fingerprint density at radius 2 is 0.767 bits per heavy atom. The van der Waals surface area contributed by atoms with E-state index in [1.807, 2.05) is 0 Å². The first kappa shape index (κ1) is 32.0. The van der Waals surface area contributed by atoms with Gasteiger partial charge in [0.25, 0.3) is 10.1 Å². The number of rotatable bonds is 21. The van der Waals surface area contributed by atoms with Crippen molar-refractivity contribution in [3.63, 3.8) is 0 Å². The Morgan fingerprint density at radius 1 is 0.533 bits per heavy atom. The van der Waals surface area contributed by atoms with Gasteiger partial charge in [0, 0.05) is 0 Å². The maximum atomic E-state index is 12.6. The summed E-state index contributed by atoms with van der Waals surface area (Å²) in [7, 11) is -4.46. The Balaban J connectivity index is 0. The molecule has 0 aromatic carbocycles. The maximum absolute atomic E-state index is 12.6. The second-order valence-corrected chi connectivity index (χ2v) is 10.3. The molecule has 0 aliphatic heterocycles. The number of alkyl halides is 1. The molecule has 0 fully saturated rings. The predicted octanol–water partition coefficient (Wildman–Crippen LogP) is 9.41. The van der Waals surface area contributed by atoms with Crippen molar-refractivity contribution in [2.75, 3.05) is 0 Å². The van der Waals surface area contributed by atoms with Crippen LogP contribution in [-0.4, -0.2) is 18.5 Å². The van der Waals surface area contributed by atoms with E-state index in [1.54, 1.807) is 0 Å². The largest absolute Gasteiger partial charge is 0.297 e. The molecule has 0 heterocycles. The molecule has 0 aromatic heterocycles. The van der Waals surface area contributed by atoms with Gasteiger partial charge < -0.3 is 0 Å². The quantitative estimate of drug-likeness (QED) is 0.139. The zero-order valence-corrected chi connectivity index (χ0v) is 21.3. The monoisotopic (exact) mass is 452 g/mol. The summed E-state index contributed by atoms with van der Waals surface area (Å²) in [6, 6.07) is 0. The van der Waals surface area contributed by atoms with Gasteiger partial charge in [-0.2, -0.15) is 8.42 Å². The highest BCUT2D eigenvalue weighted by atomic mass is 32.2. The van der Waals surface area contributed by atoms with Crippen molar-refractivity contribution in [1.82, 2.24) is 0 Å². The third-order valence-electron chi connectivity index (χ3n) is 5.56. The molecule has 0 radical (unpaired) electrons. The molecule has 1 atom stereocenters. The number of hydrogen-bond donors (Lipinski definition) is 1. The van der Waals surface area contributed by atoms with Gasteiger partial charge in [-0.05, 0) is 12.8 Å². The van der Waals surface area contributed by atoms with E-state index in [-0.39, 0.29) is 6.42 Å². The highest BCUT2D eigenvalue weighted by Crippen LogP contribution is 2.14. The topological polar surface area (TPSA) is 54.4 Å². The van der Waals surface area contributed by atoms with E-state index in [0.29, 0.717) is 6.42 Å². The lowest BCUT2D eigenvalue weighted by molar-refractivity contribution is 0.350. The van der Waals surface area contributed by atoms with Crippen LogP contribution in [0.5, 0.6) is 0 Å². The first-order valence-corrected chi connectivity index (χ1v) is 14.5. The highest BCUT2D eigenvalue weighted by Gasteiger charge is 2.20. The van der Waals surface area contributed by atoms with Gasteiger partial charge in [-0.25, -0.2) is 4.39 Å². The standard InChI is InChI=1S/C17H36.C8H17FO3S/c1-3-5-7-9-11-13-15-17-16-14-12-10-8-6-4-2;1-2-3-4-5-6-7-8(9)13(10,11)12/h3-17H2,1-2H3;8H,2-7H2,1H3,(H,10,11,12). The van der Waals surface area contributed by atoms with Crippen LogP contribution < -0.4 is 0 Å². The molecule has 0 aromatic rings. The summed E-state index contributed by atoms with van der Waals surface area (Å²) in [5, 5.41) is 0. The minimum absolute atomic E-state index is 0.0947. The fourth-order valence-electron chi connectivity index (χ4n) is 3.50. The second-order valence-electron chi connectivity index (χ2n) is 8.72. The summed E-state index contributed by atoms with van der Waals surface area (Å²) >= 11 is 0. The normalized spacial score (nSPS) is 12.4. The van der Waals surface area contributed by atoms with Gasteiger partial charge in [-0.3, -0.25) is 4.55 Å². The summed E-state index contributed by atoms with van der Waals surface area (Å²) in [5.41, 5.74) is -2.10. The molecule has 0 rings (SSSR count). The van der Waals surface area contributed by atoms with Crippen molar-refractivity contribution < 1.29 is 17.4 Å². The smallest absolute Gasteiger partial charge is 0.283 e. The minimum Gasteiger partial charge on any atom is -0.283 e. The molecular weight excluding hydrogens is 399 g/mol. The molecule has 1 unspecified atom stereocenters. The Morgan fingerprint density at radius 3 is 1.00 bits per heavy atom. The molecule has 30 heavy (non-hydrogen) atoms. The van der Waals surface area contributed by atoms with Gasteiger partial charge in [0.1, 0.15) is 0 Å². The van der Waals surface area contributed by atoms with Crippen molar-refractivity contribution in [3.8, 4) is 0 Å². The molecule has 0 saturated carbocycles. The summed E-state index contributed by atoms with van der Waals surface area (Å²) < 4.78 is 41.3. The Labute approximate surface area is 188 Å². The zero-order chi connectivity index (χ0) is 22.9. The Kier molecular flexibility index (Phi) is 26.8. The molecule has 184 valence electrons. The van der Waals surface area contributed by atoms with Crippen molar-refractivity contribution >= 4 is 10.1 Å². The summed E-state index contributed by atoms with van der Waals surface area (Å²) in [6.07, 6.45) is 26.3. The van der Waals surface area contributed by atoms with E-state index < -0.39 is 15.6 Å². The fourth-order valence-corrected chi connectivity index (χ4v) is 3.97. The first-order chi connectivity index (χ1) is 14.4. The van der Waals surface area contributed by atoms with Crippen LogP contribution in [0.1, 0.15) is 156 Å². The van der Waals surface area contributed by atoms with E-state index in [9.17, 15) is 12.8 Å². The van der Waals surface area contributed by atoms with Gasteiger partial charge in [0.2, 0.25) is 5.50 Å². The predicted molar refractivity (Wildman–Crippen MR) is 130 cm³/mol. The van der Waals surface area contributed by atoms with Gasteiger partial charge in [0.15, 0.2) is 0 Å². The summed E-state index contributed by atoms with van der Waals surface area (Å²) in [6.45, 7) is 6.65. The van der Waals surface area contributed by atoms with E-state index >= 15 is 0 Å². The van der Waals surface area contributed by atoms with Crippen LogP contribution in [0.4, 0.5) is 4.39 Å². The molecule has 0 saturated heterocycles. The molecular formula is C25H53FO3S. The van der Waals surface area contributed by atoms with Crippen LogP contribution in [0.25, 0.3) is 0 Å². The van der Waals surface area contributed by atoms with Crippen molar-refractivity contribution in [3.05, 3.63) is 0 Å². The van der Waals surface area contributed by atoms with Crippen LogP contribution in [0.3, 0.4) is 0 Å². The van der Waals surface area contributed by atoms with E-state index in [2.05, 4.69) is 20.8 Å². The number of halogens is 1. The number of hydrogen-bond acceptors (Lipinski definition) is 2. The fraction of sp³-hybridized carbons (Fsp3) is 1.00. The van der Waals surface area contributed by atoms with E-state index in [0.717, 1.165) is 25.7 Å². The molecule has 3 nitrogen and oxygen atoms in total. The average Bonchev–Trinajstić information content (AvgIpc) is 2.71. The van der Waals surface area contributed by atoms with E-state index in [4.69, 9.17) is 4.55 Å².